The van der Waals surface area contributed by atoms with Crippen molar-refractivity contribution in [2.24, 2.45) is 5.92 Å². The Kier molecular flexibility index (Phi) is 70.6. The SMILES string of the molecule is CCCCCCCCCCCCCCCCCCCCCCCC(=O)O[C@H](COC(=O)CCCCCCCCCCCCCCCCCC)COP(=O)(O)OC[C@@H](O)COP(=O)(O)OC[C@@H](COC(=O)CCCCCCCCC(C)C)OC(=O)CCCCCCCCCCCCCC. The number of aliphatic hydroxyl groups excluding tert-OH is 1. The lowest BCUT2D eigenvalue weighted by atomic mass is 10.0. The number of phosphoric acid groups is 2. The number of hydrogen-bond acceptors (Lipinski definition) is 15. The molecule has 5 atom stereocenters. The third-order valence-electron chi connectivity index (χ3n) is 18.5. The first-order valence-corrected chi connectivity index (χ1v) is 44.1. The van der Waals surface area contributed by atoms with E-state index in [-0.39, 0.29) is 25.7 Å². The van der Waals surface area contributed by atoms with Gasteiger partial charge in [0.05, 0.1) is 26.4 Å². The number of unbranched alkanes of at least 4 members (excludes halogenated alkanes) is 51. The van der Waals surface area contributed by atoms with Gasteiger partial charge in [-0.05, 0) is 31.6 Å². The fraction of sp³-hybridized carbons (Fsp3) is 0.949. The van der Waals surface area contributed by atoms with Crippen LogP contribution < -0.4 is 0 Å². The van der Waals surface area contributed by atoms with Crippen molar-refractivity contribution >= 4 is 39.5 Å². The van der Waals surface area contributed by atoms with Crippen LogP contribution in [0.25, 0.3) is 0 Å². The highest BCUT2D eigenvalue weighted by atomic mass is 31.2. The van der Waals surface area contributed by atoms with Gasteiger partial charge in [0.15, 0.2) is 12.2 Å². The molecule has 0 aromatic rings. The molecule has 0 radical (unpaired) electrons. The van der Waals surface area contributed by atoms with Crippen LogP contribution in [-0.4, -0.2) is 96.7 Å². The van der Waals surface area contributed by atoms with Gasteiger partial charge < -0.3 is 33.8 Å². The Balaban J connectivity index is 5.20. The molecule has 0 amide bonds. The van der Waals surface area contributed by atoms with Crippen LogP contribution in [0.5, 0.6) is 0 Å². The van der Waals surface area contributed by atoms with Gasteiger partial charge in [-0.1, -0.05) is 369 Å². The Morgan fingerprint density at radius 3 is 0.694 bits per heavy atom. The quantitative estimate of drug-likeness (QED) is 0.0222. The minimum Gasteiger partial charge on any atom is -0.462 e. The molecule has 19 heteroatoms. The first-order chi connectivity index (χ1) is 47.5. The van der Waals surface area contributed by atoms with Gasteiger partial charge in [-0.15, -0.1) is 0 Å². The molecule has 0 saturated heterocycles. The number of ether oxygens (including phenoxy) is 4. The Morgan fingerprint density at radius 2 is 0.469 bits per heavy atom. The van der Waals surface area contributed by atoms with E-state index in [9.17, 15) is 43.2 Å². The molecule has 0 aromatic carbocycles. The molecule has 98 heavy (non-hydrogen) atoms. The zero-order chi connectivity index (χ0) is 71.9. The molecule has 17 nitrogen and oxygen atoms in total. The summed E-state index contributed by atoms with van der Waals surface area (Å²) in [5, 5.41) is 10.6. The first kappa shape index (κ1) is 96.1. The van der Waals surface area contributed by atoms with Gasteiger partial charge in [0, 0.05) is 25.7 Å². The van der Waals surface area contributed by atoms with Gasteiger partial charge in [-0.2, -0.15) is 0 Å². The normalized spacial score (nSPS) is 13.9. The van der Waals surface area contributed by atoms with E-state index in [0.29, 0.717) is 31.6 Å². The third kappa shape index (κ3) is 72.4. The number of phosphoric ester groups is 2. The maximum atomic E-state index is 13.1. The van der Waals surface area contributed by atoms with E-state index < -0.39 is 97.5 Å². The van der Waals surface area contributed by atoms with E-state index in [4.69, 9.17) is 37.0 Å². The van der Waals surface area contributed by atoms with E-state index in [1.807, 2.05) is 0 Å². The smallest absolute Gasteiger partial charge is 0.462 e. The van der Waals surface area contributed by atoms with Crippen LogP contribution in [0, 0.1) is 5.92 Å². The lowest BCUT2D eigenvalue weighted by molar-refractivity contribution is -0.161. The van der Waals surface area contributed by atoms with Crippen LogP contribution in [0.15, 0.2) is 0 Å². The average Bonchev–Trinajstić information content (AvgIpc) is 1.71. The van der Waals surface area contributed by atoms with E-state index >= 15 is 0 Å². The number of esters is 4. The van der Waals surface area contributed by atoms with Crippen LogP contribution in [0.3, 0.4) is 0 Å². The van der Waals surface area contributed by atoms with Gasteiger partial charge in [-0.25, -0.2) is 9.13 Å². The summed E-state index contributed by atoms with van der Waals surface area (Å²) >= 11 is 0. The van der Waals surface area contributed by atoms with Gasteiger partial charge in [0.25, 0.3) is 0 Å². The highest BCUT2D eigenvalue weighted by Gasteiger charge is 2.30. The molecule has 0 aliphatic rings. The Bertz CT molecular complexity index is 1870. The highest BCUT2D eigenvalue weighted by molar-refractivity contribution is 7.47. The Labute approximate surface area is 600 Å². The van der Waals surface area contributed by atoms with Gasteiger partial charge in [0.1, 0.15) is 19.3 Å². The molecule has 0 saturated carbocycles. The molecular weight excluding hydrogens is 1280 g/mol. The van der Waals surface area contributed by atoms with E-state index in [1.165, 1.54) is 238 Å². The molecule has 0 bridgehead atoms. The van der Waals surface area contributed by atoms with Crippen LogP contribution in [-0.2, 0) is 65.4 Å². The monoisotopic (exact) mass is 1440 g/mol. The number of carbonyl (C=O) groups excluding carboxylic acids is 4. The number of aliphatic hydroxyl groups is 1. The van der Waals surface area contributed by atoms with Crippen LogP contribution in [0.1, 0.15) is 420 Å². The first-order valence-electron chi connectivity index (χ1n) is 41.1. The molecule has 0 spiro atoms. The highest BCUT2D eigenvalue weighted by Crippen LogP contribution is 2.45. The molecule has 0 rings (SSSR count). The topological polar surface area (TPSA) is 237 Å². The largest absolute Gasteiger partial charge is 0.472 e. The zero-order valence-corrected chi connectivity index (χ0v) is 65.7. The standard InChI is InChI=1S/C79H154O17P2/c1-6-9-12-15-18-21-24-27-29-31-32-33-34-35-37-39-42-45-48-55-60-65-79(84)95-74(68-89-76(81)62-57-52-46-43-41-38-36-30-28-25-22-19-16-13-10-7-2)70-93-97(85,86)91-66-73(80)67-92-98(87,88)94-71-75(69-90-77(82)63-58-53-50-49-51-56-61-72(4)5)96-78(83)64-59-54-47-44-40-26-23-20-17-14-11-8-3/h72-75,80H,6-71H2,1-5H3,(H,85,86)(H,87,88)/t73-,74-,75-/m1/s1. The van der Waals surface area contributed by atoms with Gasteiger partial charge in [0.2, 0.25) is 0 Å². The van der Waals surface area contributed by atoms with Crippen LogP contribution >= 0.6 is 15.6 Å². The minimum absolute atomic E-state index is 0.107. The van der Waals surface area contributed by atoms with Crippen molar-refractivity contribution in [2.75, 3.05) is 39.6 Å². The third-order valence-corrected chi connectivity index (χ3v) is 20.4. The summed E-state index contributed by atoms with van der Waals surface area (Å²) in [6, 6.07) is 0. The molecule has 3 N–H and O–H groups in total. The predicted octanol–water partition coefficient (Wildman–Crippen LogP) is 23.6. The molecular formula is C79H154O17P2. The Hall–Kier alpha value is -1.94. The maximum absolute atomic E-state index is 13.1. The summed E-state index contributed by atoms with van der Waals surface area (Å²) in [6.45, 7) is 7.23. The second kappa shape index (κ2) is 72.0. The van der Waals surface area contributed by atoms with Crippen molar-refractivity contribution in [3.05, 3.63) is 0 Å². The lowest BCUT2D eigenvalue weighted by Crippen LogP contribution is -2.30. The van der Waals surface area contributed by atoms with Crippen molar-refractivity contribution in [3.63, 3.8) is 0 Å². The lowest BCUT2D eigenvalue weighted by Gasteiger charge is -2.21. The number of carbonyl (C=O) groups is 4. The number of rotatable bonds is 79. The molecule has 0 aliphatic carbocycles. The molecule has 2 unspecified atom stereocenters. The second-order valence-electron chi connectivity index (χ2n) is 28.9. The van der Waals surface area contributed by atoms with Crippen molar-refractivity contribution < 1.29 is 80.2 Å². The predicted molar refractivity (Wildman–Crippen MR) is 400 cm³/mol. The summed E-state index contributed by atoms with van der Waals surface area (Å²) in [7, 11) is -9.91. The maximum Gasteiger partial charge on any atom is 0.472 e. The average molecular weight is 1440 g/mol. The fourth-order valence-electron chi connectivity index (χ4n) is 12.2. The summed E-state index contributed by atoms with van der Waals surface area (Å²) in [4.78, 5) is 72.9. The zero-order valence-electron chi connectivity index (χ0n) is 63.9. The van der Waals surface area contributed by atoms with E-state index in [2.05, 4.69) is 34.6 Å². The molecule has 0 aliphatic heterocycles. The van der Waals surface area contributed by atoms with Crippen molar-refractivity contribution in [1.29, 1.82) is 0 Å². The van der Waals surface area contributed by atoms with Crippen molar-refractivity contribution in [2.45, 2.75) is 438 Å². The van der Waals surface area contributed by atoms with Crippen LogP contribution in [0.2, 0.25) is 0 Å². The Morgan fingerprint density at radius 1 is 0.276 bits per heavy atom. The van der Waals surface area contributed by atoms with Crippen LogP contribution in [0.4, 0.5) is 0 Å². The van der Waals surface area contributed by atoms with E-state index in [1.54, 1.807) is 0 Å². The van der Waals surface area contributed by atoms with E-state index in [0.717, 1.165) is 96.3 Å². The van der Waals surface area contributed by atoms with Gasteiger partial charge in [-0.3, -0.25) is 37.3 Å². The summed E-state index contributed by atoms with van der Waals surface area (Å²) < 4.78 is 68.6. The summed E-state index contributed by atoms with van der Waals surface area (Å²) in [5.41, 5.74) is 0. The molecule has 582 valence electrons. The molecule has 0 aromatic heterocycles. The molecule has 0 fully saturated rings. The summed E-state index contributed by atoms with van der Waals surface area (Å²) in [5.74, 6) is -1.43. The minimum atomic E-state index is -4.96. The number of hydrogen-bond donors (Lipinski definition) is 3. The van der Waals surface area contributed by atoms with Crippen molar-refractivity contribution in [3.8, 4) is 0 Å². The van der Waals surface area contributed by atoms with Crippen molar-refractivity contribution in [1.82, 2.24) is 0 Å². The molecule has 0 heterocycles. The summed E-state index contributed by atoms with van der Waals surface area (Å²) in [6.07, 6.45) is 62.7. The fourth-order valence-corrected chi connectivity index (χ4v) is 13.8. The second-order valence-corrected chi connectivity index (χ2v) is 31.8. The van der Waals surface area contributed by atoms with Gasteiger partial charge >= 0.3 is 39.5 Å².